The van der Waals surface area contributed by atoms with E-state index in [0.717, 1.165) is 30.3 Å². The van der Waals surface area contributed by atoms with Crippen LogP contribution in [0.5, 0.6) is 5.75 Å². The monoisotopic (exact) mass is 352 g/mol. The molecular weight excluding hydrogens is 320 g/mol. The molecule has 1 aliphatic carbocycles. The van der Waals surface area contributed by atoms with E-state index in [2.05, 4.69) is 30.1 Å². The lowest BCUT2D eigenvalue weighted by Gasteiger charge is -2.26. The molecule has 1 aliphatic rings. The zero-order chi connectivity index (χ0) is 18.4. The second-order valence-corrected chi connectivity index (χ2v) is 7.55. The third-order valence-electron chi connectivity index (χ3n) is 5.81. The number of pyridine rings is 1. The molecule has 2 N–H and O–H groups in total. The Morgan fingerprint density at radius 1 is 1.27 bits per heavy atom. The summed E-state index contributed by atoms with van der Waals surface area (Å²) >= 11 is 0. The molecule has 3 heteroatoms. The maximum absolute atomic E-state index is 5.99. The molecule has 2 atom stereocenters. The Hall–Kier alpha value is -1.87. The van der Waals surface area contributed by atoms with Crippen molar-refractivity contribution >= 4 is 0 Å². The number of fused-ring (bicyclic) bond motifs is 1. The molecule has 1 heterocycles. The van der Waals surface area contributed by atoms with Crippen LogP contribution in [0.4, 0.5) is 0 Å². The lowest BCUT2D eigenvalue weighted by Crippen LogP contribution is -2.17. The summed E-state index contributed by atoms with van der Waals surface area (Å²) < 4.78 is 5.43. The zero-order valence-corrected chi connectivity index (χ0v) is 16.2. The van der Waals surface area contributed by atoms with Gasteiger partial charge >= 0.3 is 0 Å². The van der Waals surface area contributed by atoms with Gasteiger partial charge in [0.25, 0.3) is 0 Å². The van der Waals surface area contributed by atoms with Crippen molar-refractivity contribution in [1.29, 1.82) is 0 Å². The molecule has 2 aromatic rings. The molecule has 0 radical (unpaired) electrons. The van der Waals surface area contributed by atoms with Gasteiger partial charge in [-0.25, -0.2) is 0 Å². The van der Waals surface area contributed by atoms with Gasteiger partial charge in [-0.15, -0.1) is 0 Å². The molecule has 1 aromatic carbocycles. The Morgan fingerprint density at radius 2 is 2.15 bits per heavy atom. The molecule has 0 spiro atoms. The van der Waals surface area contributed by atoms with Crippen molar-refractivity contribution in [3.05, 3.63) is 58.9 Å². The molecule has 140 valence electrons. The minimum Gasteiger partial charge on any atom is -0.495 e. The van der Waals surface area contributed by atoms with Crippen molar-refractivity contribution in [3.8, 4) is 5.75 Å². The van der Waals surface area contributed by atoms with E-state index in [9.17, 15) is 0 Å². The Bertz CT molecular complexity index is 713. The number of hydrogen-bond acceptors (Lipinski definition) is 3. The first-order valence-corrected chi connectivity index (χ1v) is 10.0. The maximum Gasteiger partial charge on any atom is 0.140 e. The SMILES string of the molecule is CCC[C@@H](CN)c1ccc2c(c1)CC[C@H](CCc1ncccc1OC)C2. The van der Waals surface area contributed by atoms with Gasteiger partial charge in [0.1, 0.15) is 5.75 Å². The van der Waals surface area contributed by atoms with E-state index in [1.54, 1.807) is 12.7 Å². The van der Waals surface area contributed by atoms with Crippen molar-refractivity contribution in [2.45, 2.75) is 57.8 Å². The maximum atomic E-state index is 5.99. The lowest BCUT2D eigenvalue weighted by molar-refractivity contribution is 0.394. The van der Waals surface area contributed by atoms with Crippen molar-refractivity contribution in [2.24, 2.45) is 11.7 Å². The summed E-state index contributed by atoms with van der Waals surface area (Å²) in [5.74, 6) is 2.16. The van der Waals surface area contributed by atoms with Gasteiger partial charge < -0.3 is 10.5 Å². The number of benzene rings is 1. The molecule has 0 aliphatic heterocycles. The van der Waals surface area contributed by atoms with Crippen molar-refractivity contribution in [2.75, 3.05) is 13.7 Å². The molecule has 3 rings (SSSR count). The van der Waals surface area contributed by atoms with Crippen LogP contribution in [0.15, 0.2) is 36.5 Å². The van der Waals surface area contributed by atoms with Crippen LogP contribution in [0.3, 0.4) is 0 Å². The number of rotatable bonds is 8. The summed E-state index contributed by atoms with van der Waals surface area (Å²) in [6.45, 7) is 2.99. The van der Waals surface area contributed by atoms with Gasteiger partial charge in [-0.05, 0) is 85.7 Å². The van der Waals surface area contributed by atoms with Crippen LogP contribution in [0, 0.1) is 5.92 Å². The van der Waals surface area contributed by atoms with Crippen molar-refractivity contribution < 1.29 is 4.74 Å². The fraction of sp³-hybridized carbons (Fsp3) is 0.522. The predicted molar refractivity (Wildman–Crippen MR) is 108 cm³/mol. The Kier molecular flexibility index (Phi) is 6.67. The summed E-state index contributed by atoms with van der Waals surface area (Å²) in [6.07, 6.45) is 10.1. The number of nitrogens with two attached hydrogens (primary N) is 1. The second-order valence-electron chi connectivity index (χ2n) is 7.55. The molecule has 0 amide bonds. The Labute approximate surface area is 158 Å². The molecule has 3 nitrogen and oxygen atoms in total. The van der Waals surface area contributed by atoms with Crippen molar-refractivity contribution in [1.82, 2.24) is 4.98 Å². The molecule has 26 heavy (non-hydrogen) atoms. The largest absolute Gasteiger partial charge is 0.495 e. The highest BCUT2D eigenvalue weighted by molar-refractivity contribution is 5.36. The summed E-state index contributed by atoms with van der Waals surface area (Å²) in [5, 5.41) is 0. The highest BCUT2D eigenvalue weighted by Gasteiger charge is 2.20. The zero-order valence-electron chi connectivity index (χ0n) is 16.2. The fourth-order valence-electron chi connectivity index (χ4n) is 4.26. The van der Waals surface area contributed by atoms with Gasteiger partial charge in [-0.2, -0.15) is 0 Å². The molecule has 0 saturated carbocycles. The Morgan fingerprint density at radius 3 is 2.92 bits per heavy atom. The normalized spacial score (nSPS) is 17.6. The predicted octanol–water partition coefficient (Wildman–Crippen LogP) is 4.67. The first kappa shape index (κ1) is 18.9. The number of aryl methyl sites for hydroxylation is 2. The average molecular weight is 353 g/mol. The van der Waals surface area contributed by atoms with Crippen LogP contribution in [-0.4, -0.2) is 18.6 Å². The van der Waals surface area contributed by atoms with Crippen LogP contribution < -0.4 is 10.5 Å². The highest BCUT2D eigenvalue weighted by Crippen LogP contribution is 2.32. The third-order valence-corrected chi connectivity index (χ3v) is 5.81. The lowest BCUT2D eigenvalue weighted by atomic mass is 9.79. The topological polar surface area (TPSA) is 48.1 Å². The summed E-state index contributed by atoms with van der Waals surface area (Å²) in [6, 6.07) is 11.0. The number of methoxy groups -OCH3 is 1. The highest BCUT2D eigenvalue weighted by atomic mass is 16.5. The van der Waals surface area contributed by atoms with Crippen LogP contribution in [-0.2, 0) is 19.3 Å². The second kappa shape index (κ2) is 9.18. The Balaban J connectivity index is 1.63. The third kappa shape index (κ3) is 4.45. The molecule has 0 fully saturated rings. The molecule has 0 bridgehead atoms. The van der Waals surface area contributed by atoms with Gasteiger partial charge in [-0.3, -0.25) is 4.98 Å². The molecular formula is C23H32N2O. The standard InChI is InChI=1S/C23H32N2O/c1-3-5-21(16-24)20-11-10-18-14-17(7-9-19(18)15-20)8-12-22-23(26-2)6-4-13-25-22/h4,6,10-11,13,15,17,21H,3,5,7-9,12,14,16,24H2,1-2H3/t17-,21+/m1/s1. The van der Waals surface area contributed by atoms with E-state index in [0.29, 0.717) is 5.92 Å². The van der Waals surface area contributed by atoms with Crippen LogP contribution in [0.25, 0.3) is 0 Å². The van der Waals surface area contributed by atoms with Gasteiger partial charge in [0.15, 0.2) is 0 Å². The molecule has 0 unspecified atom stereocenters. The summed E-state index contributed by atoms with van der Waals surface area (Å²) in [5.41, 5.74) is 11.6. The van der Waals surface area contributed by atoms with Gasteiger partial charge in [0.05, 0.1) is 12.8 Å². The van der Waals surface area contributed by atoms with E-state index in [-0.39, 0.29) is 0 Å². The van der Waals surface area contributed by atoms with Crippen LogP contribution in [0.2, 0.25) is 0 Å². The quantitative estimate of drug-likeness (QED) is 0.751. The van der Waals surface area contributed by atoms with E-state index in [4.69, 9.17) is 10.5 Å². The summed E-state index contributed by atoms with van der Waals surface area (Å²) in [4.78, 5) is 4.50. The van der Waals surface area contributed by atoms with E-state index in [1.807, 2.05) is 18.3 Å². The van der Waals surface area contributed by atoms with E-state index >= 15 is 0 Å². The van der Waals surface area contributed by atoms with E-state index in [1.165, 1.54) is 49.7 Å². The molecule has 1 aromatic heterocycles. The molecule has 0 saturated heterocycles. The summed E-state index contributed by atoms with van der Waals surface area (Å²) in [7, 11) is 1.72. The van der Waals surface area contributed by atoms with Crippen LogP contribution >= 0.6 is 0 Å². The fourth-order valence-corrected chi connectivity index (χ4v) is 4.26. The van der Waals surface area contributed by atoms with Crippen molar-refractivity contribution in [3.63, 3.8) is 0 Å². The average Bonchev–Trinajstić information content (AvgIpc) is 2.70. The minimum absolute atomic E-state index is 0.514. The number of ether oxygens (including phenoxy) is 1. The first-order valence-electron chi connectivity index (χ1n) is 10.0. The number of nitrogens with zero attached hydrogens (tertiary/aromatic N) is 1. The minimum atomic E-state index is 0.514. The smallest absolute Gasteiger partial charge is 0.140 e. The van der Waals surface area contributed by atoms with E-state index < -0.39 is 0 Å². The van der Waals surface area contributed by atoms with Gasteiger partial charge in [0, 0.05) is 6.20 Å². The van der Waals surface area contributed by atoms with Crippen LogP contribution in [0.1, 0.15) is 60.9 Å². The van der Waals surface area contributed by atoms with Gasteiger partial charge in [-0.1, -0.05) is 31.5 Å². The number of aromatic nitrogens is 1. The van der Waals surface area contributed by atoms with Gasteiger partial charge in [0.2, 0.25) is 0 Å². The first-order chi connectivity index (χ1) is 12.7. The number of hydrogen-bond donors (Lipinski definition) is 1.